The summed E-state index contributed by atoms with van der Waals surface area (Å²) in [5.41, 5.74) is 1.16. The van der Waals surface area contributed by atoms with E-state index >= 15 is 0 Å². The van der Waals surface area contributed by atoms with E-state index in [9.17, 15) is 14.0 Å². The molecule has 0 unspecified atom stereocenters. The Bertz CT molecular complexity index is 792. The lowest BCUT2D eigenvalue weighted by Gasteiger charge is -2.15. The first-order valence-corrected chi connectivity index (χ1v) is 8.76. The van der Waals surface area contributed by atoms with Gasteiger partial charge in [0.2, 0.25) is 5.91 Å². The summed E-state index contributed by atoms with van der Waals surface area (Å²) >= 11 is 0. The first-order valence-electron chi connectivity index (χ1n) is 8.76. The summed E-state index contributed by atoms with van der Waals surface area (Å²) in [5, 5.41) is 1.82. The average Bonchev–Trinajstić information content (AvgIpc) is 2.91. The molecular formula is C20H22FN2O3+. The molecule has 2 aromatic rings. The molecule has 136 valence electrons. The highest BCUT2D eigenvalue weighted by atomic mass is 19.1. The van der Waals surface area contributed by atoms with E-state index in [4.69, 9.17) is 4.74 Å². The first kappa shape index (κ1) is 18.1. The van der Waals surface area contributed by atoms with Crippen molar-refractivity contribution < 1.29 is 24.0 Å². The minimum absolute atomic E-state index is 0.156. The standard InChI is InChI=1S/C20H21FN2O3/c1-2-26-16-9-7-15(8-10-16)23-19(24)13-18(20(23)25)22-12-11-14-5-3-4-6-17(14)21/h3-10,18,22H,2,11-13H2,1H3/p+1/t18-/m0/s1. The van der Waals surface area contributed by atoms with Crippen LogP contribution in [0.5, 0.6) is 5.75 Å². The molecule has 0 saturated carbocycles. The predicted molar refractivity (Wildman–Crippen MR) is 95.4 cm³/mol. The number of benzene rings is 2. The molecule has 5 nitrogen and oxygen atoms in total. The maximum Gasteiger partial charge on any atom is 0.292 e. The lowest BCUT2D eigenvalue weighted by molar-refractivity contribution is -0.674. The van der Waals surface area contributed by atoms with Crippen LogP contribution in [0.2, 0.25) is 0 Å². The van der Waals surface area contributed by atoms with Crippen LogP contribution in [0.4, 0.5) is 10.1 Å². The van der Waals surface area contributed by atoms with E-state index in [1.807, 2.05) is 12.2 Å². The Morgan fingerprint density at radius 3 is 2.58 bits per heavy atom. The summed E-state index contributed by atoms with van der Waals surface area (Å²) < 4.78 is 19.0. The molecule has 1 fully saturated rings. The van der Waals surface area contributed by atoms with Crippen molar-refractivity contribution in [1.82, 2.24) is 0 Å². The number of ether oxygens (including phenoxy) is 1. The van der Waals surface area contributed by atoms with Crippen molar-refractivity contribution in [3.63, 3.8) is 0 Å². The molecule has 0 radical (unpaired) electrons. The van der Waals surface area contributed by atoms with E-state index < -0.39 is 6.04 Å². The van der Waals surface area contributed by atoms with Crippen LogP contribution in [0.15, 0.2) is 48.5 Å². The van der Waals surface area contributed by atoms with Gasteiger partial charge in [0.05, 0.1) is 25.3 Å². The van der Waals surface area contributed by atoms with Crippen molar-refractivity contribution in [2.75, 3.05) is 18.1 Å². The van der Waals surface area contributed by atoms with E-state index in [1.54, 1.807) is 42.5 Å². The Hall–Kier alpha value is -2.73. The quantitative estimate of drug-likeness (QED) is 0.767. The molecule has 2 aromatic carbocycles. The van der Waals surface area contributed by atoms with Gasteiger partial charge < -0.3 is 10.1 Å². The number of carbonyl (C=O) groups is 2. The van der Waals surface area contributed by atoms with Crippen LogP contribution >= 0.6 is 0 Å². The zero-order chi connectivity index (χ0) is 18.5. The highest BCUT2D eigenvalue weighted by Crippen LogP contribution is 2.24. The fraction of sp³-hybridized carbons (Fsp3) is 0.300. The van der Waals surface area contributed by atoms with Gasteiger partial charge >= 0.3 is 0 Å². The zero-order valence-corrected chi connectivity index (χ0v) is 14.7. The number of rotatable bonds is 7. The molecular weight excluding hydrogens is 335 g/mol. The highest BCUT2D eigenvalue weighted by molar-refractivity contribution is 6.21. The minimum Gasteiger partial charge on any atom is -0.494 e. The molecule has 3 rings (SSSR count). The van der Waals surface area contributed by atoms with Crippen molar-refractivity contribution in [2.45, 2.75) is 25.8 Å². The fourth-order valence-corrected chi connectivity index (χ4v) is 3.11. The van der Waals surface area contributed by atoms with Crippen LogP contribution in [-0.2, 0) is 16.0 Å². The highest BCUT2D eigenvalue weighted by Gasteiger charge is 2.42. The fourth-order valence-electron chi connectivity index (χ4n) is 3.11. The third-order valence-corrected chi connectivity index (χ3v) is 4.41. The average molecular weight is 357 g/mol. The van der Waals surface area contributed by atoms with E-state index in [0.29, 0.717) is 36.6 Å². The molecule has 1 heterocycles. The molecule has 1 aliphatic heterocycles. The van der Waals surface area contributed by atoms with Gasteiger partial charge in [0, 0.05) is 6.42 Å². The zero-order valence-electron chi connectivity index (χ0n) is 14.7. The number of carbonyl (C=O) groups excluding carboxylic acids is 2. The van der Waals surface area contributed by atoms with E-state index in [2.05, 4.69) is 0 Å². The summed E-state index contributed by atoms with van der Waals surface area (Å²) in [6.45, 7) is 2.99. The number of hydrogen-bond donors (Lipinski definition) is 1. The van der Waals surface area contributed by atoms with Gasteiger partial charge in [0.15, 0.2) is 6.04 Å². The second kappa shape index (κ2) is 8.10. The van der Waals surface area contributed by atoms with Crippen LogP contribution in [-0.4, -0.2) is 31.0 Å². The van der Waals surface area contributed by atoms with Gasteiger partial charge in [-0.1, -0.05) is 18.2 Å². The molecule has 6 heteroatoms. The van der Waals surface area contributed by atoms with Gasteiger partial charge in [-0.05, 0) is 42.8 Å². The van der Waals surface area contributed by atoms with Gasteiger partial charge in [0.1, 0.15) is 11.6 Å². The van der Waals surface area contributed by atoms with Crippen LogP contribution in [0.3, 0.4) is 0 Å². The number of quaternary nitrogens is 1. The minimum atomic E-state index is -0.458. The van der Waals surface area contributed by atoms with Crippen LogP contribution in [0.25, 0.3) is 0 Å². The van der Waals surface area contributed by atoms with Crippen molar-refractivity contribution in [2.24, 2.45) is 0 Å². The summed E-state index contributed by atoms with van der Waals surface area (Å²) in [4.78, 5) is 26.1. The lowest BCUT2D eigenvalue weighted by atomic mass is 10.1. The van der Waals surface area contributed by atoms with Gasteiger partial charge in [0.25, 0.3) is 5.91 Å². The lowest BCUT2D eigenvalue weighted by Crippen LogP contribution is -2.92. The number of imide groups is 1. The van der Waals surface area contributed by atoms with Crippen molar-refractivity contribution in [3.05, 3.63) is 59.9 Å². The van der Waals surface area contributed by atoms with Gasteiger partial charge in [-0.2, -0.15) is 0 Å². The summed E-state index contributed by atoms with van der Waals surface area (Å²) in [6, 6.07) is 13.0. The molecule has 1 saturated heterocycles. The molecule has 26 heavy (non-hydrogen) atoms. The third kappa shape index (κ3) is 3.91. The van der Waals surface area contributed by atoms with E-state index in [0.717, 1.165) is 0 Å². The Morgan fingerprint density at radius 2 is 1.88 bits per heavy atom. The first-order chi connectivity index (χ1) is 12.6. The number of nitrogens with zero attached hydrogens (tertiary/aromatic N) is 1. The maximum absolute atomic E-state index is 13.6. The number of halogens is 1. The largest absolute Gasteiger partial charge is 0.494 e. The molecule has 0 spiro atoms. The topological polar surface area (TPSA) is 63.2 Å². The molecule has 0 aliphatic carbocycles. The Kier molecular flexibility index (Phi) is 5.63. The van der Waals surface area contributed by atoms with Crippen LogP contribution in [0, 0.1) is 5.82 Å². The Labute approximate surface area is 151 Å². The Balaban J connectivity index is 1.60. The third-order valence-electron chi connectivity index (χ3n) is 4.41. The molecule has 1 atom stereocenters. The Morgan fingerprint density at radius 1 is 1.15 bits per heavy atom. The maximum atomic E-state index is 13.6. The normalized spacial score (nSPS) is 17.0. The number of anilines is 1. The smallest absolute Gasteiger partial charge is 0.292 e. The molecule has 2 amide bonds. The van der Waals surface area contributed by atoms with Gasteiger partial charge in [-0.25, -0.2) is 9.29 Å². The number of amides is 2. The summed E-state index contributed by atoms with van der Waals surface area (Å²) in [6.07, 6.45) is 0.664. The number of nitrogens with two attached hydrogens (primary N) is 1. The SMILES string of the molecule is CCOc1ccc(N2C(=O)C[C@H]([NH2+]CCc3ccccc3F)C2=O)cc1. The van der Waals surface area contributed by atoms with Crippen LogP contribution in [0.1, 0.15) is 18.9 Å². The van der Waals surface area contributed by atoms with E-state index in [-0.39, 0.29) is 24.1 Å². The second-order valence-electron chi connectivity index (χ2n) is 6.17. The molecule has 0 aromatic heterocycles. The van der Waals surface area contributed by atoms with Gasteiger partial charge in [-0.3, -0.25) is 9.59 Å². The molecule has 0 bridgehead atoms. The molecule has 1 aliphatic rings. The monoisotopic (exact) mass is 357 g/mol. The van der Waals surface area contributed by atoms with Crippen LogP contribution < -0.4 is 15.0 Å². The number of hydrogen-bond acceptors (Lipinski definition) is 3. The van der Waals surface area contributed by atoms with E-state index in [1.165, 1.54) is 11.0 Å². The summed E-state index contributed by atoms with van der Waals surface area (Å²) in [7, 11) is 0. The second-order valence-corrected chi connectivity index (χ2v) is 6.17. The molecule has 2 N–H and O–H groups in total. The van der Waals surface area contributed by atoms with Crippen molar-refractivity contribution in [1.29, 1.82) is 0 Å². The van der Waals surface area contributed by atoms with Crippen molar-refractivity contribution >= 4 is 17.5 Å². The van der Waals surface area contributed by atoms with Crippen molar-refractivity contribution in [3.8, 4) is 5.75 Å². The predicted octanol–water partition coefficient (Wildman–Crippen LogP) is 1.66. The summed E-state index contributed by atoms with van der Waals surface area (Å²) in [5.74, 6) is 0.00748. The van der Waals surface area contributed by atoms with Gasteiger partial charge in [-0.15, -0.1) is 0 Å².